The summed E-state index contributed by atoms with van der Waals surface area (Å²) in [6.45, 7) is 2.71. The van der Waals surface area contributed by atoms with Gasteiger partial charge in [-0.15, -0.1) is 0 Å². The molecule has 0 bridgehead atoms. The zero-order chi connectivity index (χ0) is 20.2. The van der Waals surface area contributed by atoms with Gasteiger partial charge in [0.1, 0.15) is 6.17 Å². The zero-order valence-corrected chi connectivity index (χ0v) is 16.0. The van der Waals surface area contributed by atoms with Crippen LogP contribution in [0.4, 0.5) is 10.1 Å². The molecule has 0 aromatic carbocycles. The van der Waals surface area contributed by atoms with Crippen LogP contribution in [0.5, 0.6) is 0 Å². The average Bonchev–Trinajstić information content (AvgIpc) is 3.42. The van der Waals surface area contributed by atoms with Gasteiger partial charge in [-0.1, -0.05) is 0 Å². The average molecular weight is 392 g/mol. The van der Waals surface area contributed by atoms with Crippen LogP contribution in [0.25, 0.3) is 11.0 Å². The Labute approximate surface area is 160 Å². The molecule has 152 valence electrons. The molecular weight excluding hydrogens is 367 g/mol. The first kappa shape index (κ1) is 18.9. The minimum Gasteiger partial charge on any atom is -0.383 e. The molecule has 3 heterocycles. The van der Waals surface area contributed by atoms with E-state index in [1.54, 1.807) is 17.9 Å². The van der Waals surface area contributed by atoms with E-state index in [2.05, 4.69) is 4.98 Å². The van der Waals surface area contributed by atoms with Crippen molar-refractivity contribution in [1.82, 2.24) is 14.2 Å². The van der Waals surface area contributed by atoms with Crippen molar-refractivity contribution in [3.63, 3.8) is 0 Å². The van der Waals surface area contributed by atoms with E-state index in [1.165, 1.54) is 0 Å². The fourth-order valence-corrected chi connectivity index (χ4v) is 4.14. The van der Waals surface area contributed by atoms with Gasteiger partial charge in [0.05, 0.1) is 24.0 Å². The van der Waals surface area contributed by atoms with Gasteiger partial charge in [0.2, 0.25) is 0 Å². The highest BCUT2D eigenvalue weighted by molar-refractivity contribution is 5.83. The Kier molecular flexibility index (Phi) is 4.62. The Morgan fingerprint density at radius 1 is 1.36 bits per heavy atom. The van der Waals surface area contributed by atoms with Gasteiger partial charge in [0, 0.05) is 43.8 Å². The lowest BCUT2D eigenvalue weighted by Gasteiger charge is -2.23. The van der Waals surface area contributed by atoms with E-state index in [0.717, 1.165) is 18.4 Å². The predicted molar refractivity (Wildman–Crippen MR) is 104 cm³/mol. The number of nitrogen functional groups attached to an aromatic ring is 1. The molecule has 1 saturated heterocycles. The van der Waals surface area contributed by atoms with Crippen LogP contribution in [0.2, 0.25) is 0 Å². The Bertz CT molecular complexity index is 1030. The summed E-state index contributed by atoms with van der Waals surface area (Å²) in [5.74, 6) is 5.30. The lowest BCUT2D eigenvalue weighted by Crippen LogP contribution is -2.45. The standard InChI is InChI=1S/C18H25FN6O3/c1-9-14(23-6-11(12(19)7-23)13(20)8-28-2)5-22-15-16(9)24(10-3-4-10)18(27)25(21)17(15)26/h5,10-13H,3-4,6-8,20-21H2,1-2H3. The topological polar surface area (TPSA) is 121 Å². The van der Waals surface area contributed by atoms with E-state index in [0.29, 0.717) is 22.4 Å². The highest BCUT2D eigenvalue weighted by Crippen LogP contribution is 2.38. The molecule has 28 heavy (non-hydrogen) atoms. The van der Waals surface area contributed by atoms with Crippen LogP contribution in [0.15, 0.2) is 15.8 Å². The molecule has 4 rings (SSSR count). The van der Waals surface area contributed by atoms with Gasteiger partial charge < -0.3 is 21.2 Å². The van der Waals surface area contributed by atoms with Crippen LogP contribution in [-0.2, 0) is 4.74 Å². The van der Waals surface area contributed by atoms with Crippen molar-refractivity contribution < 1.29 is 9.13 Å². The molecule has 2 aromatic rings. The van der Waals surface area contributed by atoms with E-state index in [9.17, 15) is 14.0 Å². The molecule has 10 heteroatoms. The summed E-state index contributed by atoms with van der Waals surface area (Å²) in [7, 11) is 1.54. The number of aromatic nitrogens is 3. The first-order valence-electron chi connectivity index (χ1n) is 9.40. The van der Waals surface area contributed by atoms with Crippen molar-refractivity contribution in [3.8, 4) is 0 Å². The largest absolute Gasteiger partial charge is 0.383 e. The number of aryl methyl sites for hydroxylation is 1. The van der Waals surface area contributed by atoms with Gasteiger partial charge in [0.25, 0.3) is 0 Å². The number of pyridine rings is 1. The Balaban J connectivity index is 1.81. The number of methoxy groups -OCH3 is 1. The second-order valence-corrected chi connectivity index (χ2v) is 7.73. The molecule has 2 aliphatic rings. The number of nitrogens with zero attached hydrogens (tertiary/aromatic N) is 4. The first-order chi connectivity index (χ1) is 13.3. The minimum atomic E-state index is -1.09. The Morgan fingerprint density at radius 2 is 2.07 bits per heavy atom. The van der Waals surface area contributed by atoms with Crippen LogP contribution < -0.4 is 27.7 Å². The number of hydrogen-bond acceptors (Lipinski definition) is 7. The zero-order valence-electron chi connectivity index (χ0n) is 16.0. The van der Waals surface area contributed by atoms with Gasteiger partial charge in [-0.2, -0.15) is 4.68 Å². The fraction of sp³-hybridized carbons (Fsp3) is 0.611. The molecular formula is C18H25FN6O3. The monoisotopic (exact) mass is 392 g/mol. The molecule has 0 spiro atoms. The Hall–Kier alpha value is -2.46. The predicted octanol–water partition coefficient (Wildman–Crippen LogP) is -0.337. The van der Waals surface area contributed by atoms with Gasteiger partial charge in [-0.3, -0.25) is 9.36 Å². The number of anilines is 1. The number of hydrogen-bond donors (Lipinski definition) is 2. The minimum absolute atomic E-state index is 0.0107. The van der Waals surface area contributed by atoms with Crippen molar-refractivity contribution in [2.75, 3.05) is 37.5 Å². The third kappa shape index (κ3) is 2.87. The van der Waals surface area contributed by atoms with Crippen LogP contribution in [-0.4, -0.2) is 53.2 Å². The van der Waals surface area contributed by atoms with E-state index < -0.39 is 23.5 Å². The number of alkyl halides is 1. The van der Waals surface area contributed by atoms with E-state index >= 15 is 0 Å². The van der Waals surface area contributed by atoms with Gasteiger partial charge in [-0.25, -0.2) is 14.2 Å². The SMILES string of the molecule is COCC(N)C1CN(c2cnc3c(=O)n(N)c(=O)n(C4CC4)c3c2C)CC1F. The summed E-state index contributed by atoms with van der Waals surface area (Å²) < 4.78 is 21.8. The van der Waals surface area contributed by atoms with Crippen molar-refractivity contribution in [2.45, 2.75) is 38.0 Å². The summed E-state index contributed by atoms with van der Waals surface area (Å²) >= 11 is 0. The molecule has 0 amide bonds. The molecule has 3 atom stereocenters. The molecule has 2 aromatic heterocycles. The number of halogens is 1. The van der Waals surface area contributed by atoms with Crippen LogP contribution >= 0.6 is 0 Å². The second kappa shape index (κ2) is 6.85. The number of ether oxygens (including phenoxy) is 1. The molecule has 3 unspecified atom stereocenters. The third-order valence-corrected chi connectivity index (χ3v) is 5.81. The quantitative estimate of drug-likeness (QED) is 0.668. The molecule has 2 fully saturated rings. The second-order valence-electron chi connectivity index (χ2n) is 7.73. The van der Waals surface area contributed by atoms with E-state index in [1.807, 2.05) is 11.8 Å². The summed E-state index contributed by atoms with van der Waals surface area (Å²) in [5.41, 5.74) is 6.95. The van der Waals surface area contributed by atoms with Crippen molar-refractivity contribution >= 4 is 16.7 Å². The number of fused-ring (bicyclic) bond motifs is 1. The molecule has 9 nitrogen and oxygen atoms in total. The van der Waals surface area contributed by atoms with Crippen LogP contribution in [0.3, 0.4) is 0 Å². The lowest BCUT2D eigenvalue weighted by molar-refractivity contribution is 0.138. The molecule has 1 aliphatic heterocycles. The number of nitrogens with two attached hydrogens (primary N) is 2. The fourth-order valence-electron chi connectivity index (χ4n) is 4.14. The first-order valence-corrected chi connectivity index (χ1v) is 9.40. The highest BCUT2D eigenvalue weighted by Gasteiger charge is 2.38. The van der Waals surface area contributed by atoms with Crippen LogP contribution in [0, 0.1) is 12.8 Å². The summed E-state index contributed by atoms with van der Waals surface area (Å²) in [6, 6.07) is -0.399. The van der Waals surface area contributed by atoms with Gasteiger partial charge in [-0.05, 0) is 19.8 Å². The Morgan fingerprint density at radius 3 is 2.71 bits per heavy atom. The summed E-state index contributed by atoms with van der Waals surface area (Å²) in [6.07, 6.45) is 2.16. The molecule has 1 aliphatic carbocycles. The maximum absolute atomic E-state index is 14.6. The lowest BCUT2D eigenvalue weighted by atomic mass is 9.99. The third-order valence-electron chi connectivity index (χ3n) is 5.81. The van der Waals surface area contributed by atoms with Gasteiger partial charge >= 0.3 is 11.2 Å². The summed E-state index contributed by atoms with van der Waals surface area (Å²) in [4.78, 5) is 31.2. The summed E-state index contributed by atoms with van der Waals surface area (Å²) in [5, 5.41) is 0. The molecule has 4 N–H and O–H groups in total. The van der Waals surface area contributed by atoms with Crippen LogP contribution in [0.1, 0.15) is 24.4 Å². The maximum atomic E-state index is 14.6. The van der Waals surface area contributed by atoms with E-state index in [-0.39, 0.29) is 30.6 Å². The van der Waals surface area contributed by atoms with Crippen molar-refractivity contribution in [3.05, 3.63) is 32.6 Å². The number of rotatable bonds is 5. The molecule has 0 radical (unpaired) electrons. The van der Waals surface area contributed by atoms with Crippen molar-refractivity contribution in [2.24, 2.45) is 11.7 Å². The highest BCUT2D eigenvalue weighted by atomic mass is 19.1. The molecule has 1 saturated carbocycles. The normalized spacial score (nSPS) is 23.5. The smallest absolute Gasteiger partial charge is 0.350 e. The van der Waals surface area contributed by atoms with Crippen molar-refractivity contribution in [1.29, 1.82) is 0 Å². The maximum Gasteiger partial charge on any atom is 0.350 e. The van der Waals surface area contributed by atoms with E-state index in [4.69, 9.17) is 16.3 Å². The van der Waals surface area contributed by atoms with Gasteiger partial charge in [0.15, 0.2) is 5.52 Å².